The quantitative estimate of drug-likeness (QED) is 0.879. The van der Waals surface area contributed by atoms with Gasteiger partial charge in [0, 0.05) is 6.54 Å². The summed E-state index contributed by atoms with van der Waals surface area (Å²) in [6.45, 7) is 0.958. The number of imidazole rings is 1. The molecule has 4 heteroatoms. The van der Waals surface area contributed by atoms with E-state index in [0.29, 0.717) is 5.95 Å². The summed E-state index contributed by atoms with van der Waals surface area (Å²) < 4.78 is 7.40. The second-order valence-electron chi connectivity index (χ2n) is 4.68. The van der Waals surface area contributed by atoms with Gasteiger partial charge < -0.3 is 15.0 Å². The minimum absolute atomic E-state index is 0.588. The predicted octanol–water partition coefficient (Wildman–Crippen LogP) is 2.43. The molecular formula is C13H17N3O. The van der Waals surface area contributed by atoms with Gasteiger partial charge in [-0.05, 0) is 24.5 Å². The number of para-hydroxylation sites is 1. The van der Waals surface area contributed by atoms with Gasteiger partial charge in [0.1, 0.15) is 11.3 Å². The van der Waals surface area contributed by atoms with Crippen LogP contribution in [0.1, 0.15) is 19.3 Å². The molecule has 1 heterocycles. The smallest absolute Gasteiger partial charge is 0.201 e. The van der Waals surface area contributed by atoms with E-state index in [9.17, 15) is 0 Å². The minimum atomic E-state index is 0.588. The van der Waals surface area contributed by atoms with Gasteiger partial charge in [-0.3, -0.25) is 0 Å². The summed E-state index contributed by atoms with van der Waals surface area (Å²) in [5, 5.41) is 0. The Kier molecular flexibility index (Phi) is 2.42. The van der Waals surface area contributed by atoms with Crippen LogP contribution in [0.15, 0.2) is 18.2 Å². The molecule has 0 atom stereocenters. The van der Waals surface area contributed by atoms with E-state index in [1.54, 1.807) is 7.11 Å². The maximum Gasteiger partial charge on any atom is 0.201 e. The molecular weight excluding hydrogens is 214 g/mol. The van der Waals surface area contributed by atoms with Crippen molar-refractivity contribution in [2.45, 2.75) is 25.8 Å². The van der Waals surface area contributed by atoms with Crippen LogP contribution in [0.5, 0.6) is 5.75 Å². The van der Waals surface area contributed by atoms with Crippen molar-refractivity contribution in [3.8, 4) is 5.75 Å². The zero-order valence-corrected chi connectivity index (χ0v) is 10.0. The third kappa shape index (κ3) is 1.84. The van der Waals surface area contributed by atoms with Gasteiger partial charge >= 0.3 is 0 Å². The average Bonchev–Trinajstić information content (AvgIpc) is 3.10. The van der Waals surface area contributed by atoms with Gasteiger partial charge in [0.25, 0.3) is 0 Å². The summed E-state index contributed by atoms with van der Waals surface area (Å²) in [4.78, 5) is 4.40. The Morgan fingerprint density at radius 1 is 1.47 bits per heavy atom. The Balaban J connectivity index is 2.00. The lowest BCUT2D eigenvalue weighted by Gasteiger charge is -2.06. The fourth-order valence-electron chi connectivity index (χ4n) is 2.26. The van der Waals surface area contributed by atoms with Crippen LogP contribution >= 0.6 is 0 Å². The second-order valence-corrected chi connectivity index (χ2v) is 4.68. The number of ether oxygens (including phenoxy) is 1. The summed E-state index contributed by atoms with van der Waals surface area (Å²) in [5.74, 6) is 2.28. The highest BCUT2D eigenvalue weighted by Crippen LogP contribution is 2.34. The van der Waals surface area contributed by atoms with Crippen molar-refractivity contribution < 1.29 is 4.74 Å². The normalized spacial score (nSPS) is 15.4. The molecule has 2 N–H and O–H groups in total. The molecule has 1 aliphatic rings. The number of benzene rings is 1. The van der Waals surface area contributed by atoms with Gasteiger partial charge in [-0.1, -0.05) is 18.9 Å². The summed E-state index contributed by atoms with van der Waals surface area (Å²) in [7, 11) is 1.66. The van der Waals surface area contributed by atoms with Crippen LogP contribution in [0.4, 0.5) is 5.95 Å². The number of nitrogen functional groups attached to an aromatic ring is 1. The highest BCUT2D eigenvalue weighted by atomic mass is 16.5. The number of aryl methyl sites for hydroxylation is 1. The van der Waals surface area contributed by atoms with Gasteiger partial charge in [-0.25, -0.2) is 4.98 Å². The standard InChI is InChI=1S/C13H17N3O/c1-17-11-4-2-3-10-12(11)15-13(14)16(10)8-7-9-5-6-9/h2-4,9H,5-8H2,1H3,(H2,14,15). The molecule has 4 nitrogen and oxygen atoms in total. The molecule has 0 unspecified atom stereocenters. The fraction of sp³-hybridized carbons (Fsp3) is 0.462. The van der Waals surface area contributed by atoms with Crippen LogP contribution in [0.3, 0.4) is 0 Å². The molecule has 2 aromatic rings. The van der Waals surface area contributed by atoms with E-state index in [2.05, 4.69) is 9.55 Å². The number of hydrogen-bond acceptors (Lipinski definition) is 3. The van der Waals surface area contributed by atoms with Crippen molar-refractivity contribution in [1.29, 1.82) is 0 Å². The second kappa shape index (κ2) is 3.95. The molecule has 0 saturated heterocycles. The van der Waals surface area contributed by atoms with Crippen molar-refractivity contribution in [3.63, 3.8) is 0 Å². The van der Waals surface area contributed by atoms with Gasteiger partial charge in [0.15, 0.2) is 0 Å². The Morgan fingerprint density at radius 3 is 3.00 bits per heavy atom. The van der Waals surface area contributed by atoms with Gasteiger partial charge in [0.05, 0.1) is 12.6 Å². The monoisotopic (exact) mass is 231 g/mol. The SMILES string of the molecule is COc1cccc2c1nc(N)n2CCC1CC1. The van der Waals surface area contributed by atoms with Crippen LogP contribution < -0.4 is 10.5 Å². The lowest BCUT2D eigenvalue weighted by atomic mass is 10.2. The molecule has 0 amide bonds. The van der Waals surface area contributed by atoms with E-state index < -0.39 is 0 Å². The Labute approximate surface area is 100 Å². The van der Waals surface area contributed by atoms with E-state index >= 15 is 0 Å². The third-order valence-electron chi connectivity index (χ3n) is 3.45. The molecule has 17 heavy (non-hydrogen) atoms. The van der Waals surface area contributed by atoms with Crippen LogP contribution in [0.2, 0.25) is 0 Å². The zero-order valence-electron chi connectivity index (χ0n) is 10.0. The maximum atomic E-state index is 5.98. The van der Waals surface area contributed by atoms with Gasteiger partial charge in [0.2, 0.25) is 5.95 Å². The number of nitrogens with two attached hydrogens (primary N) is 1. The highest BCUT2D eigenvalue weighted by Gasteiger charge is 2.21. The number of anilines is 1. The lowest BCUT2D eigenvalue weighted by Crippen LogP contribution is -2.03. The van der Waals surface area contributed by atoms with Crippen LogP contribution in [-0.2, 0) is 6.54 Å². The first kappa shape index (κ1) is 10.4. The molecule has 0 radical (unpaired) electrons. The van der Waals surface area contributed by atoms with E-state index in [4.69, 9.17) is 10.5 Å². The van der Waals surface area contributed by atoms with E-state index in [-0.39, 0.29) is 0 Å². The molecule has 0 spiro atoms. The Bertz CT molecular complexity index is 543. The van der Waals surface area contributed by atoms with Crippen LogP contribution in [-0.4, -0.2) is 16.7 Å². The minimum Gasteiger partial charge on any atom is -0.494 e. The number of nitrogens with zero attached hydrogens (tertiary/aromatic N) is 2. The molecule has 1 saturated carbocycles. The van der Waals surface area contributed by atoms with E-state index in [1.165, 1.54) is 19.3 Å². The van der Waals surface area contributed by atoms with Crippen molar-refractivity contribution >= 4 is 17.0 Å². The molecule has 3 rings (SSSR count). The first-order valence-electron chi connectivity index (χ1n) is 6.08. The lowest BCUT2D eigenvalue weighted by molar-refractivity contribution is 0.419. The van der Waals surface area contributed by atoms with Gasteiger partial charge in [-0.15, -0.1) is 0 Å². The summed E-state index contributed by atoms with van der Waals surface area (Å²) in [5.41, 5.74) is 7.92. The van der Waals surface area contributed by atoms with Gasteiger partial charge in [-0.2, -0.15) is 0 Å². The average molecular weight is 231 g/mol. The number of rotatable bonds is 4. The number of aromatic nitrogens is 2. The summed E-state index contributed by atoms with van der Waals surface area (Å²) >= 11 is 0. The molecule has 1 fully saturated rings. The zero-order chi connectivity index (χ0) is 11.8. The van der Waals surface area contributed by atoms with Crippen molar-refractivity contribution in [2.24, 2.45) is 5.92 Å². The largest absolute Gasteiger partial charge is 0.494 e. The maximum absolute atomic E-state index is 5.98. The topological polar surface area (TPSA) is 53.1 Å². The number of hydrogen-bond donors (Lipinski definition) is 1. The molecule has 1 aliphatic carbocycles. The number of methoxy groups -OCH3 is 1. The first-order chi connectivity index (χ1) is 8.29. The Morgan fingerprint density at radius 2 is 2.29 bits per heavy atom. The summed E-state index contributed by atoms with van der Waals surface area (Å²) in [6, 6.07) is 5.95. The molecule has 1 aromatic carbocycles. The first-order valence-corrected chi connectivity index (χ1v) is 6.08. The van der Waals surface area contributed by atoms with Crippen molar-refractivity contribution in [3.05, 3.63) is 18.2 Å². The van der Waals surface area contributed by atoms with Crippen LogP contribution in [0, 0.1) is 5.92 Å². The predicted molar refractivity (Wildman–Crippen MR) is 68.0 cm³/mol. The van der Waals surface area contributed by atoms with E-state index in [1.807, 2.05) is 18.2 Å². The molecule has 0 aliphatic heterocycles. The molecule has 1 aromatic heterocycles. The van der Waals surface area contributed by atoms with E-state index in [0.717, 1.165) is 29.2 Å². The van der Waals surface area contributed by atoms with Crippen molar-refractivity contribution in [2.75, 3.05) is 12.8 Å². The van der Waals surface area contributed by atoms with Crippen molar-refractivity contribution in [1.82, 2.24) is 9.55 Å². The van der Waals surface area contributed by atoms with Crippen LogP contribution in [0.25, 0.3) is 11.0 Å². The fourth-order valence-corrected chi connectivity index (χ4v) is 2.26. The highest BCUT2D eigenvalue weighted by molar-refractivity contribution is 5.84. The third-order valence-corrected chi connectivity index (χ3v) is 3.45. The molecule has 0 bridgehead atoms. The molecule has 90 valence electrons. The number of fused-ring (bicyclic) bond motifs is 1. The summed E-state index contributed by atoms with van der Waals surface area (Å²) in [6.07, 6.45) is 3.94. The Hall–Kier alpha value is -1.71.